The Bertz CT molecular complexity index is 425. The van der Waals surface area contributed by atoms with Crippen LogP contribution in [0.4, 0.5) is 0 Å². The first-order valence-electron chi connectivity index (χ1n) is 7.53. The molecule has 0 bridgehead atoms. The van der Waals surface area contributed by atoms with Crippen LogP contribution >= 0.6 is 0 Å². The summed E-state index contributed by atoms with van der Waals surface area (Å²) in [5.41, 5.74) is 1.07. The fraction of sp³-hybridized carbons (Fsp3) is 0.800. The summed E-state index contributed by atoms with van der Waals surface area (Å²) < 4.78 is 5.20. The monoisotopic (exact) mass is 263 g/mol. The molecule has 106 valence electrons. The van der Waals surface area contributed by atoms with E-state index in [1.807, 2.05) is 6.92 Å². The molecule has 4 heteroatoms. The molecule has 2 aliphatic rings. The number of piperazine rings is 1. The Morgan fingerprint density at radius 1 is 1.47 bits per heavy atom. The third kappa shape index (κ3) is 3.00. The molecule has 1 aliphatic carbocycles. The van der Waals surface area contributed by atoms with Gasteiger partial charge >= 0.3 is 0 Å². The Morgan fingerprint density at radius 2 is 2.26 bits per heavy atom. The minimum atomic E-state index is 0.604. The Labute approximate surface area is 115 Å². The van der Waals surface area contributed by atoms with Crippen molar-refractivity contribution < 1.29 is 4.52 Å². The summed E-state index contributed by atoms with van der Waals surface area (Å²) in [6, 6.07) is 3.35. The molecule has 1 N–H and O–H groups in total. The minimum absolute atomic E-state index is 0.604. The molecule has 0 aromatic carbocycles. The zero-order valence-corrected chi connectivity index (χ0v) is 12.2. The van der Waals surface area contributed by atoms with Crippen molar-refractivity contribution in [2.45, 2.75) is 52.2 Å². The van der Waals surface area contributed by atoms with Gasteiger partial charge in [0, 0.05) is 37.8 Å². The zero-order valence-electron chi connectivity index (χ0n) is 12.2. The lowest BCUT2D eigenvalue weighted by Gasteiger charge is -2.42. The highest BCUT2D eigenvalue weighted by molar-refractivity contribution is 5.05. The van der Waals surface area contributed by atoms with Crippen LogP contribution in [0.1, 0.15) is 38.1 Å². The number of hydrogen-bond donors (Lipinski definition) is 1. The van der Waals surface area contributed by atoms with Crippen LogP contribution < -0.4 is 5.32 Å². The Morgan fingerprint density at radius 3 is 2.84 bits per heavy atom. The first-order valence-corrected chi connectivity index (χ1v) is 7.53. The smallest absolute Gasteiger partial charge is 0.133 e. The van der Waals surface area contributed by atoms with E-state index >= 15 is 0 Å². The van der Waals surface area contributed by atoms with Gasteiger partial charge in [0.15, 0.2) is 0 Å². The maximum Gasteiger partial charge on any atom is 0.133 e. The van der Waals surface area contributed by atoms with Crippen LogP contribution in [0, 0.1) is 18.8 Å². The molecule has 2 unspecified atom stereocenters. The van der Waals surface area contributed by atoms with Crippen LogP contribution in [0.15, 0.2) is 10.6 Å². The molecule has 19 heavy (non-hydrogen) atoms. The fourth-order valence-corrected chi connectivity index (χ4v) is 3.21. The molecule has 2 atom stereocenters. The van der Waals surface area contributed by atoms with Gasteiger partial charge in [-0.05, 0) is 31.6 Å². The summed E-state index contributed by atoms with van der Waals surface area (Å²) >= 11 is 0. The molecule has 0 amide bonds. The van der Waals surface area contributed by atoms with Crippen LogP contribution in [0.25, 0.3) is 0 Å². The first kappa shape index (κ1) is 13.1. The van der Waals surface area contributed by atoms with Crippen molar-refractivity contribution >= 4 is 0 Å². The predicted octanol–water partition coefficient (Wildman–Crippen LogP) is 2.19. The molecule has 4 nitrogen and oxygen atoms in total. The van der Waals surface area contributed by atoms with Crippen LogP contribution in [-0.4, -0.2) is 35.2 Å². The van der Waals surface area contributed by atoms with E-state index in [1.165, 1.54) is 12.8 Å². The van der Waals surface area contributed by atoms with Crippen molar-refractivity contribution in [2.24, 2.45) is 11.8 Å². The van der Waals surface area contributed by atoms with Crippen molar-refractivity contribution in [3.05, 3.63) is 17.5 Å². The van der Waals surface area contributed by atoms with Crippen molar-refractivity contribution in [3.8, 4) is 0 Å². The highest BCUT2D eigenvalue weighted by Crippen LogP contribution is 2.35. The van der Waals surface area contributed by atoms with E-state index in [4.69, 9.17) is 4.52 Å². The maximum absolute atomic E-state index is 5.20. The molecule has 3 rings (SSSR count). The van der Waals surface area contributed by atoms with Gasteiger partial charge < -0.3 is 9.84 Å². The summed E-state index contributed by atoms with van der Waals surface area (Å²) in [6.45, 7) is 9.76. The highest BCUT2D eigenvalue weighted by atomic mass is 16.5. The largest absolute Gasteiger partial charge is 0.361 e. The summed E-state index contributed by atoms with van der Waals surface area (Å²) in [7, 11) is 0. The molecule has 1 aromatic heterocycles. The first-order chi connectivity index (χ1) is 9.13. The van der Waals surface area contributed by atoms with Gasteiger partial charge in [-0.15, -0.1) is 0 Å². The van der Waals surface area contributed by atoms with E-state index in [0.29, 0.717) is 18.0 Å². The highest BCUT2D eigenvalue weighted by Gasteiger charge is 2.38. The maximum atomic E-state index is 5.20. The summed E-state index contributed by atoms with van der Waals surface area (Å²) in [4.78, 5) is 2.60. The normalized spacial score (nSPS) is 29.1. The molecular weight excluding hydrogens is 238 g/mol. The number of aromatic nitrogens is 1. The number of nitrogens with one attached hydrogen (secondary N) is 1. The van der Waals surface area contributed by atoms with Gasteiger partial charge in [0.2, 0.25) is 0 Å². The van der Waals surface area contributed by atoms with E-state index in [2.05, 4.69) is 35.3 Å². The SMILES string of the molecule is Cc1cc(CN2CC(C3CC3)NCC2C(C)C)no1. The summed E-state index contributed by atoms with van der Waals surface area (Å²) in [5.74, 6) is 2.49. The van der Waals surface area contributed by atoms with Gasteiger partial charge in [0.25, 0.3) is 0 Å². The molecular formula is C15H25N3O. The molecule has 1 aliphatic heterocycles. The molecule has 1 aromatic rings. The average Bonchev–Trinajstić information content (AvgIpc) is 3.14. The molecule has 1 saturated carbocycles. The summed E-state index contributed by atoms with van der Waals surface area (Å²) in [6.07, 6.45) is 2.81. The minimum Gasteiger partial charge on any atom is -0.361 e. The molecule has 0 radical (unpaired) electrons. The lowest BCUT2D eigenvalue weighted by molar-refractivity contribution is 0.0830. The quantitative estimate of drug-likeness (QED) is 0.904. The Kier molecular flexibility index (Phi) is 3.63. The van der Waals surface area contributed by atoms with Gasteiger partial charge in [0.1, 0.15) is 5.76 Å². The summed E-state index contributed by atoms with van der Waals surface area (Å²) in [5, 5.41) is 7.90. The molecule has 2 heterocycles. The van der Waals surface area contributed by atoms with E-state index in [9.17, 15) is 0 Å². The van der Waals surface area contributed by atoms with Crippen molar-refractivity contribution in [1.29, 1.82) is 0 Å². The third-order valence-corrected chi connectivity index (χ3v) is 4.49. The van der Waals surface area contributed by atoms with Crippen LogP contribution in [-0.2, 0) is 6.54 Å². The van der Waals surface area contributed by atoms with Crippen LogP contribution in [0.2, 0.25) is 0 Å². The second kappa shape index (κ2) is 5.25. The van der Waals surface area contributed by atoms with Crippen LogP contribution in [0.5, 0.6) is 0 Å². The predicted molar refractivity (Wildman–Crippen MR) is 74.8 cm³/mol. The average molecular weight is 263 g/mol. The van der Waals surface area contributed by atoms with Crippen molar-refractivity contribution in [1.82, 2.24) is 15.4 Å². The number of aryl methyl sites for hydroxylation is 1. The Hall–Kier alpha value is -0.870. The van der Waals surface area contributed by atoms with Gasteiger partial charge in [-0.1, -0.05) is 19.0 Å². The van der Waals surface area contributed by atoms with Crippen molar-refractivity contribution in [3.63, 3.8) is 0 Å². The lowest BCUT2D eigenvalue weighted by atomic mass is 9.96. The Balaban J connectivity index is 1.69. The number of hydrogen-bond acceptors (Lipinski definition) is 4. The van der Waals surface area contributed by atoms with Crippen LogP contribution in [0.3, 0.4) is 0 Å². The third-order valence-electron chi connectivity index (χ3n) is 4.49. The number of rotatable bonds is 4. The molecule has 0 spiro atoms. The number of nitrogens with zero attached hydrogens (tertiary/aromatic N) is 2. The molecule has 2 fully saturated rings. The van der Waals surface area contributed by atoms with E-state index in [1.54, 1.807) is 0 Å². The van der Waals surface area contributed by atoms with E-state index < -0.39 is 0 Å². The van der Waals surface area contributed by atoms with Gasteiger partial charge in [-0.3, -0.25) is 4.90 Å². The van der Waals surface area contributed by atoms with Gasteiger partial charge in [0.05, 0.1) is 5.69 Å². The van der Waals surface area contributed by atoms with Gasteiger partial charge in [-0.25, -0.2) is 0 Å². The fourth-order valence-electron chi connectivity index (χ4n) is 3.21. The second-order valence-corrected chi connectivity index (χ2v) is 6.52. The van der Waals surface area contributed by atoms with E-state index in [-0.39, 0.29) is 0 Å². The zero-order chi connectivity index (χ0) is 13.4. The topological polar surface area (TPSA) is 41.3 Å². The standard InChI is InChI=1S/C15H25N3O/c1-10(2)15-7-16-14(12-4-5-12)9-18(15)8-13-6-11(3)19-17-13/h6,10,12,14-16H,4-5,7-9H2,1-3H3. The lowest BCUT2D eigenvalue weighted by Crippen LogP contribution is -2.58. The van der Waals surface area contributed by atoms with E-state index in [0.717, 1.165) is 37.0 Å². The second-order valence-electron chi connectivity index (χ2n) is 6.52. The molecule has 1 saturated heterocycles. The van der Waals surface area contributed by atoms with Crippen molar-refractivity contribution in [2.75, 3.05) is 13.1 Å². The van der Waals surface area contributed by atoms with Gasteiger partial charge in [-0.2, -0.15) is 0 Å².